The third kappa shape index (κ3) is 64.9. The second kappa shape index (κ2) is 83.5. The number of aldehydes is 3. The van der Waals surface area contributed by atoms with Gasteiger partial charge in [0, 0.05) is 105 Å². The Bertz CT molecular complexity index is 3240. The van der Waals surface area contributed by atoms with Gasteiger partial charge in [-0.05, 0) is 110 Å². The molecule has 4 aliphatic heterocycles. The molecule has 0 spiro atoms. The Labute approximate surface area is 839 Å². The zero-order chi connectivity index (χ0) is 102. The molecular weight excluding hydrogens is 1830 g/mol. The molecule has 812 valence electrons. The Morgan fingerprint density at radius 2 is 0.752 bits per heavy atom. The lowest BCUT2D eigenvalue weighted by molar-refractivity contribution is -0.228. The smallest absolute Gasteiger partial charge is 0.222 e. The van der Waals surface area contributed by atoms with Gasteiger partial charge in [0.15, 0.2) is 24.7 Å². The lowest BCUT2D eigenvalue weighted by Crippen LogP contribution is -2.58. The van der Waals surface area contributed by atoms with E-state index < -0.39 is 96.8 Å². The number of carbonyl (C=O) groups is 10. The van der Waals surface area contributed by atoms with Crippen LogP contribution in [0.3, 0.4) is 0 Å². The van der Waals surface area contributed by atoms with Crippen molar-refractivity contribution in [2.45, 2.75) is 363 Å². The van der Waals surface area contributed by atoms with Crippen LogP contribution in [-0.4, -0.2) is 357 Å². The maximum atomic E-state index is 14.4. The Kier molecular flexibility index (Phi) is 75.0. The van der Waals surface area contributed by atoms with Crippen molar-refractivity contribution < 1.29 is 144 Å². The van der Waals surface area contributed by atoms with E-state index in [9.17, 15) is 63.3 Å². The van der Waals surface area contributed by atoms with Gasteiger partial charge in [-0.15, -0.1) is 0 Å². The summed E-state index contributed by atoms with van der Waals surface area (Å²) in [7, 11) is 2.10. The number of likely N-dealkylation sites (N-methyl/N-ethyl adjacent to an activating group) is 1. The molecule has 4 rings (SSSR count). The molecule has 7 amide bonds. The van der Waals surface area contributed by atoms with Gasteiger partial charge in [-0.2, -0.15) is 0 Å². The summed E-state index contributed by atoms with van der Waals surface area (Å²) in [5.74, 6) is -3.10. The largest absolute Gasteiger partial charge is 0.393 e. The predicted octanol–water partition coefficient (Wildman–Crippen LogP) is 8.50. The molecule has 13 atom stereocenters. The first-order valence-electron chi connectivity index (χ1n) is 52.5. The first-order chi connectivity index (χ1) is 68.5. The van der Waals surface area contributed by atoms with Crippen molar-refractivity contribution in [2.75, 3.05) is 185 Å². The fraction of sp³-hybridized carbons (Fsp3) is 0.825. The lowest BCUT2D eigenvalue weighted by atomic mass is 9.98. The highest BCUT2D eigenvalue weighted by Gasteiger charge is 2.44. The van der Waals surface area contributed by atoms with Crippen LogP contribution in [-0.2, 0) is 128 Å². The van der Waals surface area contributed by atoms with Crippen LogP contribution in [0.25, 0.3) is 0 Å². The van der Waals surface area contributed by atoms with Crippen LogP contribution in [0.1, 0.15) is 272 Å². The monoisotopic (exact) mass is 2010 g/mol. The van der Waals surface area contributed by atoms with Gasteiger partial charge in [-0.1, -0.05) is 146 Å². The zero-order valence-electron chi connectivity index (χ0n) is 85.9. The fourth-order valence-electron chi connectivity index (χ4n) is 16.5. The number of aliphatic hydroxyl groups excluding tert-OH is 3. The van der Waals surface area contributed by atoms with E-state index in [1.807, 2.05) is 0 Å². The Hall–Kier alpha value is -6.58. The maximum absolute atomic E-state index is 14.4. The minimum Gasteiger partial charge on any atom is -0.393 e. The SMILES string of the molecule is CCCCC/C=C\C/C=C\CCCCCCCCC1(CCCCCCCC/C=C\C/C=C\CCCCC)OC[C@H](CN(C)CCCCCC(=O)NC(COCCC(=O)NCCOCCOCCO[C@@H]2OC(C=O)CC(O)CC2NC(C)=O)(COCCC(=O)NCCOCCOCCO[C@@H]2OC(C=O)CC(O)C2NC(C)=O)COCCC(=O)NCCOCCOCCO[C@@H]2OC(C=O)CC(O)C2NC(C)=O)O1. The summed E-state index contributed by atoms with van der Waals surface area (Å²) in [6.45, 7) is 12.0. The summed E-state index contributed by atoms with van der Waals surface area (Å²) in [6.07, 6.45) is 43.7. The van der Waals surface area contributed by atoms with E-state index in [-0.39, 0.29) is 245 Å². The van der Waals surface area contributed by atoms with Crippen molar-refractivity contribution in [3.63, 3.8) is 0 Å². The number of amides is 7. The average molecular weight is 2010 g/mol. The molecule has 0 bridgehead atoms. The third-order valence-corrected chi connectivity index (χ3v) is 23.9. The summed E-state index contributed by atoms with van der Waals surface area (Å²) < 4.78 is 100. The molecule has 0 saturated carbocycles. The van der Waals surface area contributed by atoms with Crippen molar-refractivity contribution in [2.24, 2.45) is 0 Å². The number of nitrogens with zero attached hydrogens (tertiary/aromatic N) is 1. The van der Waals surface area contributed by atoms with Gasteiger partial charge in [0.05, 0.1) is 176 Å². The second-order valence-electron chi connectivity index (χ2n) is 36.8. The number of aliphatic hydroxyl groups is 3. The number of hydrogen-bond acceptors (Lipinski definition) is 31. The molecule has 4 heterocycles. The number of allylic oxidation sites excluding steroid dienone is 8. The molecule has 38 heteroatoms. The highest BCUT2D eigenvalue weighted by Crippen LogP contribution is 2.36. The second-order valence-corrected chi connectivity index (χ2v) is 36.8. The molecule has 4 aliphatic rings. The quantitative estimate of drug-likeness (QED) is 0.0155. The van der Waals surface area contributed by atoms with Gasteiger partial charge in [0.2, 0.25) is 41.4 Å². The van der Waals surface area contributed by atoms with E-state index in [1.54, 1.807) is 0 Å². The van der Waals surface area contributed by atoms with Crippen molar-refractivity contribution in [3.05, 3.63) is 48.6 Å². The van der Waals surface area contributed by atoms with E-state index in [0.717, 1.165) is 83.6 Å². The molecule has 0 aromatic heterocycles. The maximum Gasteiger partial charge on any atom is 0.222 e. The van der Waals surface area contributed by atoms with Crippen LogP contribution < -0.4 is 37.2 Å². The fourth-order valence-corrected chi connectivity index (χ4v) is 16.5. The van der Waals surface area contributed by atoms with Gasteiger partial charge >= 0.3 is 0 Å². The van der Waals surface area contributed by atoms with Crippen molar-refractivity contribution in [1.82, 2.24) is 42.1 Å². The molecule has 141 heavy (non-hydrogen) atoms. The number of hydrogen-bond donors (Lipinski definition) is 10. The number of unbranched alkanes of at least 4 members (excludes halogenated alkanes) is 20. The molecule has 10 N–H and O–H groups in total. The standard InChI is InChI=1S/C103H180N8O30/c1-7-9-11-13-15-17-19-21-23-25-27-29-31-33-35-39-46-103(47-40-36-34-32-30-28-26-24-22-20-18-16-14-12-10-8-2)137-78-89(141-103)74-111(6)51-41-37-38-42-96(124)110-102(80-132-53-44-94(122)105-49-56-126-59-62-129-65-68-135-100-97(108-83(4)116)91(119)72-87(76-113)139-100,81-133-54-45-95(123)106-50-57-127-60-63-130-66-69-136-101-98(109-84(5)117)92(120)73-88(77-114)140-101)79-131-52-43-93(121)104-48-55-125-58-61-128-64-67-134-99-90(107-82(3)115)71-85(118)70-86(75-112)138-99/h15-18,21-24,75-77,85-92,97-101,118-120H,7-14,19-20,25-74,78-81H2,1-6H3,(H,104,121)(H,105,122)(H,106,123)(H,107,115)(H,108,116)(H,109,117)(H,110,124)/b17-15-,18-16-,23-21-,24-22-/t85?,86?,87?,88?,89-,90?,91?,92?,97?,98?,99+,100+,101+,102?/m0/s1. The van der Waals surface area contributed by atoms with Gasteiger partial charge in [-0.3, -0.25) is 33.6 Å². The van der Waals surface area contributed by atoms with Crippen molar-refractivity contribution >= 4 is 60.2 Å². The molecule has 0 radical (unpaired) electrons. The number of ether oxygens (including phenoxy) is 17. The van der Waals surface area contributed by atoms with E-state index in [4.69, 9.17) is 80.5 Å². The number of carbonyl (C=O) groups excluding carboxylic acids is 10. The van der Waals surface area contributed by atoms with E-state index in [1.165, 1.54) is 124 Å². The molecule has 0 aromatic carbocycles. The third-order valence-electron chi connectivity index (χ3n) is 23.9. The highest BCUT2D eigenvalue weighted by atomic mass is 16.7. The Morgan fingerprint density at radius 1 is 0.390 bits per heavy atom. The zero-order valence-corrected chi connectivity index (χ0v) is 85.9. The van der Waals surface area contributed by atoms with E-state index >= 15 is 0 Å². The summed E-state index contributed by atoms with van der Waals surface area (Å²) in [6, 6.07) is -2.43. The first-order valence-corrected chi connectivity index (χ1v) is 52.5. The summed E-state index contributed by atoms with van der Waals surface area (Å²) in [4.78, 5) is 126. The lowest BCUT2D eigenvalue weighted by Gasteiger charge is -2.37. The van der Waals surface area contributed by atoms with Crippen LogP contribution >= 0.6 is 0 Å². The summed E-state index contributed by atoms with van der Waals surface area (Å²) in [5.41, 5.74) is -1.40. The molecule has 4 fully saturated rings. The van der Waals surface area contributed by atoms with Gasteiger partial charge < -0.3 is 152 Å². The van der Waals surface area contributed by atoms with Crippen molar-refractivity contribution in [3.8, 4) is 0 Å². The summed E-state index contributed by atoms with van der Waals surface area (Å²) >= 11 is 0. The Morgan fingerprint density at radius 3 is 1.16 bits per heavy atom. The van der Waals surface area contributed by atoms with Crippen LogP contribution in [0, 0.1) is 0 Å². The van der Waals surface area contributed by atoms with Crippen LogP contribution in [0.5, 0.6) is 0 Å². The molecule has 9 unspecified atom stereocenters. The predicted molar refractivity (Wildman–Crippen MR) is 530 cm³/mol. The minimum absolute atomic E-state index is 0.00951. The van der Waals surface area contributed by atoms with Gasteiger partial charge in [0.25, 0.3) is 0 Å². The van der Waals surface area contributed by atoms with Crippen LogP contribution in [0.15, 0.2) is 48.6 Å². The van der Waals surface area contributed by atoms with E-state index in [0.29, 0.717) is 38.4 Å². The molecule has 0 aromatic rings. The topological polar surface area (TPSA) is 476 Å². The minimum atomic E-state index is -1.40. The van der Waals surface area contributed by atoms with E-state index in [2.05, 4.69) is 112 Å². The molecule has 0 aliphatic carbocycles. The molecular formula is C103H180N8O30. The van der Waals surface area contributed by atoms with Crippen LogP contribution in [0.4, 0.5) is 0 Å². The van der Waals surface area contributed by atoms with Gasteiger partial charge in [0.1, 0.15) is 54.8 Å². The average Bonchev–Trinajstić information content (AvgIpc) is 1.54. The van der Waals surface area contributed by atoms with Gasteiger partial charge in [-0.25, -0.2) is 0 Å². The molecule has 38 nitrogen and oxygen atoms in total. The van der Waals surface area contributed by atoms with Crippen molar-refractivity contribution in [1.29, 1.82) is 0 Å². The molecule has 4 saturated heterocycles. The summed E-state index contributed by atoms with van der Waals surface area (Å²) in [5, 5.41) is 50.9. The van der Waals surface area contributed by atoms with Crippen LogP contribution in [0.2, 0.25) is 0 Å². The normalized spacial score (nSPS) is 22.0. The first kappa shape index (κ1) is 127. The number of nitrogens with one attached hydrogen (secondary N) is 7. The Balaban J connectivity index is 1.37. The number of rotatable bonds is 90. The highest BCUT2D eigenvalue weighted by molar-refractivity contribution is 5.78.